The van der Waals surface area contributed by atoms with Gasteiger partial charge in [-0.15, -0.1) is 0 Å². The maximum absolute atomic E-state index is 13.8. The fraction of sp³-hybridized carbons (Fsp3) is 0.111. The van der Waals surface area contributed by atoms with E-state index in [9.17, 15) is 19.6 Å². The van der Waals surface area contributed by atoms with Crippen LogP contribution in [0.5, 0.6) is 0 Å². The summed E-state index contributed by atoms with van der Waals surface area (Å²) < 4.78 is 19.9. The number of nitrogens with zero attached hydrogens (tertiary/aromatic N) is 4. The van der Waals surface area contributed by atoms with Crippen molar-refractivity contribution in [2.24, 2.45) is 0 Å². The van der Waals surface area contributed by atoms with Gasteiger partial charge in [-0.2, -0.15) is 5.26 Å². The Kier molecular flexibility index (Phi) is 4.71. The molecule has 0 atom stereocenters. The topological polar surface area (TPSA) is 103 Å². The molecule has 0 spiro atoms. The Hall–Kier alpha value is -4.77. The lowest BCUT2D eigenvalue weighted by molar-refractivity contribution is 0.0697. The minimum Gasteiger partial charge on any atom is -0.478 e. The van der Waals surface area contributed by atoms with Gasteiger partial charge in [0.1, 0.15) is 17.1 Å². The van der Waals surface area contributed by atoms with Crippen molar-refractivity contribution in [1.82, 2.24) is 9.97 Å². The molecule has 170 valence electrons. The van der Waals surface area contributed by atoms with Gasteiger partial charge in [-0.25, -0.2) is 19.2 Å². The van der Waals surface area contributed by atoms with E-state index < -0.39 is 5.97 Å². The summed E-state index contributed by atoms with van der Waals surface area (Å²) in [5.74, 6) is -0.483. The zero-order valence-corrected chi connectivity index (χ0v) is 18.3. The zero-order valence-electron chi connectivity index (χ0n) is 18.3. The molecule has 0 amide bonds. The number of aromatic nitrogens is 2. The summed E-state index contributed by atoms with van der Waals surface area (Å²) in [5.41, 5.74) is 4.56. The number of furan rings is 1. The van der Waals surface area contributed by atoms with Crippen LogP contribution < -0.4 is 4.90 Å². The van der Waals surface area contributed by atoms with Crippen molar-refractivity contribution in [2.45, 2.75) is 12.8 Å². The number of benzene rings is 3. The van der Waals surface area contributed by atoms with Crippen LogP contribution in [-0.2, 0) is 6.42 Å². The average Bonchev–Trinajstić information content (AvgIpc) is 3.29. The van der Waals surface area contributed by atoms with Crippen molar-refractivity contribution in [1.29, 1.82) is 5.26 Å². The first-order valence-electron chi connectivity index (χ1n) is 11.1. The Balaban J connectivity index is 1.60. The summed E-state index contributed by atoms with van der Waals surface area (Å²) in [6.07, 6.45) is 1.66. The van der Waals surface area contributed by atoms with Gasteiger partial charge in [0.05, 0.1) is 28.2 Å². The second-order valence-electron chi connectivity index (χ2n) is 8.41. The summed E-state index contributed by atoms with van der Waals surface area (Å²) in [7, 11) is 0. The number of halogens is 1. The van der Waals surface area contributed by atoms with Crippen LogP contribution in [0.1, 0.15) is 27.9 Å². The Labute approximate surface area is 198 Å². The molecule has 0 aliphatic carbocycles. The maximum atomic E-state index is 13.8. The molecular weight excluding hydrogens is 447 g/mol. The highest BCUT2D eigenvalue weighted by molar-refractivity contribution is 5.94. The lowest BCUT2D eigenvalue weighted by Crippen LogP contribution is -2.26. The summed E-state index contributed by atoms with van der Waals surface area (Å²) in [5, 5.41) is 19.4. The Morgan fingerprint density at radius 3 is 2.77 bits per heavy atom. The first-order valence-corrected chi connectivity index (χ1v) is 11.1. The van der Waals surface area contributed by atoms with Gasteiger partial charge < -0.3 is 14.4 Å². The van der Waals surface area contributed by atoms with Crippen LogP contribution >= 0.6 is 0 Å². The number of carboxylic acids is 1. The molecule has 0 fully saturated rings. The molecule has 7 nitrogen and oxygen atoms in total. The predicted octanol–water partition coefficient (Wildman–Crippen LogP) is 5.84. The van der Waals surface area contributed by atoms with E-state index in [1.165, 1.54) is 24.3 Å². The highest BCUT2D eigenvalue weighted by atomic mass is 19.1. The number of nitriles is 1. The molecule has 1 aliphatic rings. The molecule has 0 unspecified atom stereocenters. The summed E-state index contributed by atoms with van der Waals surface area (Å²) in [6, 6.07) is 18.3. The highest BCUT2D eigenvalue weighted by Crippen LogP contribution is 2.40. The van der Waals surface area contributed by atoms with Crippen LogP contribution in [0.15, 0.2) is 65.1 Å². The van der Waals surface area contributed by atoms with Crippen molar-refractivity contribution >= 4 is 39.5 Å². The molecule has 1 N–H and O–H groups in total. The number of hydrogen-bond acceptors (Lipinski definition) is 6. The molecule has 3 heterocycles. The van der Waals surface area contributed by atoms with E-state index in [1.54, 1.807) is 24.3 Å². The number of anilines is 2. The van der Waals surface area contributed by atoms with Crippen molar-refractivity contribution in [3.8, 4) is 17.5 Å². The van der Waals surface area contributed by atoms with Gasteiger partial charge in [-0.05, 0) is 79.1 Å². The number of aromatic carboxylic acids is 1. The van der Waals surface area contributed by atoms with E-state index in [0.717, 1.165) is 24.1 Å². The number of carbonyl (C=O) groups is 1. The number of rotatable bonds is 3. The third-order valence-corrected chi connectivity index (χ3v) is 6.19. The van der Waals surface area contributed by atoms with E-state index >= 15 is 0 Å². The number of carboxylic acid groups (broad SMARTS) is 1. The maximum Gasteiger partial charge on any atom is 0.335 e. The summed E-state index contributed by atoms with van der Waals surface area (Å²) in [6.45, 7) is 0.652. The monoisotopic (exact) mass is 464 g/mol. The highest BCUT2D eigenvalue weighted by Gasteiger charge is 2.26. The molecule has 6 rings (SSSR count). The minimum absolute atomic E-state index is 0.113. The Morgan fingerprint density at radius 1 is 1.06 bits per heavy atom. The molecule has 5 aromatic rings. The van der Waals surface area contributed by atoms with Crippen LogP contribution in [-0.4, -0.2) is 27.6 Å². The molecule has 1 aliphatic heterocycles. The molecule has 2 aromatic heterocycles. The van der Waals surface area contributed by atoms with Crippen molar-refractivity contribution < 1.29 is 18.7 Å². The van der Waals surface area contributed by atoms with Crippen molar-refractivity contribution in [3.05, 3.63) is 83.2 Å². The van der Waals surface area contributed by atoms with E-state index in [4.69, 9.17) is 14.4 Å². The Bertz CT molecular complexity index is 1700. The van der Waals surface area contributed by atoms with E-state index in [-0.39, 0.29) is 11.4 Å². The number of hydrogen-bond donors (Lipinski definition) is 1. The van der Waals surface area contributed by atoms with E-state index in [1.807, 2.05) is 17.0 Å². The van der Waals surface area contributed by atoms with Gasteiger partial charge >= 0.3 is 5.97 Å². The molecular formula is C27H17FN4O3. The predicted molar refractivity (Wildman–Crippen MR) is 128 cm³/mol. The first kappa shape index (κ1) is 20.8. The third kappa shape index (κ3) is 3.54. The van der Waals surface area contributed by atoms with Gasteiger partial charge in [0.25, 0.3) is 0 Å². The molecule has 3 aromatic carbocycles. The van der Waals surface area contributed by atoms with Crippen LogP contribution in [0, 0.1) is 17.1 Å². The second kappa shape index (κ2) is 7.92. The van der Waals surface area contributed by atoms with Gasteiger partial charge in [0.2, 0.25) is 0 Å². The SMILES string of the molecule is N#Cc1ccc2c(c1)CCCN2c1nc2cc(C(=O)O)ccc2nc1-c1cc2cc(F)ccc2o1. The summed E-state index contributed by atoms with van der Waals surface area (Å²) in [4.78, 5) is 23.2. The lowest BCUT2D eigenvalue weighted by Gasteiger charge is -2.31. The molecule has 0 radical (unpaired) electrons. The van der Waals surface area contributed by atoms with Crippen LogP contribution in [0.2, 0.25) is 0 Å². The lowest BCUT2D eigenvalue weighted by atomic mass is 9.99. The molecule has 8 heteroatoms. The minimum atomic E-state index is -1.05. The van der Waals surface area contributed by atoms with Crippen LogP contribution in [0.4, 0.5) is 15.9 Å². The first-order chi connectivity index (χ1) is 17.0. The third-order valence-electron chi connectivity index (χ3n) is 6.19. The quantitative estimate of drug-likeness (QED) is 0.358. The summed E-state index contributed by atoms with van der Waals surface area (Å²) >= 11 is 0. The van der Waals surface area contributed by atoms with E-state index in [2.05, 4.69) is 6.07 Å². The van der Waals surface area contributed by atoms with Crippen molar-refractivity contribution in [2.75, 3.05) is 11.4 Å². The smallest absolute Gasteiger partial charge is 0.335 e. The van der Waals surface area contributed by atoms with Crippen LogP contribution in [0.3, 0.4) is 0 Å². The number of fused-ring (bicyclic) bond motifs is 3. The van der Waals surface area contributed by atoms with E-state index in [0.29, 0.717) is 51.4 Å². The Morgan fingerprint density at radius 2 is 1.94 bits per heavy atom. The molecule has 35 heavy (non-hydrogen) atoms. The fourth-order valence-electron chi connectivity index (χ4n) is 4.55. The molecule has 0 saturated heterocycles. The van der Waals surface area contributed by atoms with Crippen molar-refractivity contribution in [3.63, 3.8) is 0 Å². The van der Waals surface area contributed by atoms with Crippen LogP contribution in [0.25, 0.3) is 33.5 Å². The zero-order chi connectivity index (χ0) is 24.1. The normalized spacial score (nSPS) is 13.1. The van der Waals surface area contributed by atoms with Gasteiger partial charge in [-0.1, -0.05) is 0 Å². The number of aryl methyl sites for hydroxylation is 1. The molecule has 0 bridgehead atoms. The average molecular weight is 464 g/mol. The van der Waals surface area contributed by atoms with Gasteiger partial charge in [-0.3, -0.25) is 0 Å². The fourth-order valence-corrected chi connectivity index (χ4v) is 4.55. The largest absolute Gasteiger partial charge is 0.478 e. The van der Waals surface area contributed by atoms with Gasteiger partial charge in [0.15, 0.2) is 11.6 Å². The molecule has 0 saturated carbocycles. The second-order valence-corrected chi connectivity index (χ2v) is 8.41. The van der Waals surface area contributed by atoms with Gasteiger partial charge in [0, 0.05) is 17.6 Å². The standard InChI is InChI=1S/C27H17FN4O3/c28-19-5-8-23-18(11-19)13-24(35-23)25-26(31-21-12-17(27(33)34)4-6-20(21)30-25)32-9-1-2-16-10-15(14-29)3-7-22(16)32/h3-8,10-13H,1-2,9H2,(H,33,34).